The molecule has 0 amide bonds. The first-order valence-corrected chi connectivity index (χ1v) is 8.50. The predicted octanol–water partition coefficient (Wildman–Crippen LogP) is 4.03. The van der Waals surface area contributed by atoms with Crippen molar-refractivity contribution >= 4 is 17.4 Å². The molecule has 5 nitrogen and oxygen atoms in total. The second-order valence-corrected chi connectivity index (χ2v) is 6.83. The van der Waals surface area contributed by atoms with Gasteiger partial charge in [-0.15, -0.1) is 10.2 Å². The molecule has 0 spiro atoms. The van der Waals surface area contributed by atoms with Gasteiger partial charge < -0.3 is 15.3 Å². The number of phenols is 1. The van der Waals surface area contributed by atoms with E-state index in [9.17, 15) is 18.3 Å². The minimum atomic E-state index is -4.64. The van der Waals surface area contributed by atoms with Gasteiger partial charge in [0.2, 0.25) is 0 Å². The second kappa shape index (κ2) is 7.28. The number of nitrogens with zero attached hydrogens (tertiary/aromatic N) is 3. The highest BCUT2D eigenvalue weighted by Gasteiger charge is 2.36. The molecule has 2 N–H and O–H groups in total. The van der Waals surface area contributed by atoms with E-state index in [1.165, 1.54) is 18.2 Å². The molecule has 0 bridgehead atoms. The molecule has 3 rings (SSSR count). The molecule has 9 heteroatoms. The van der Waals surface area contributed by atoms with E-state index in [1.54, 1.807) is 0 Å². The highest BCUT2D eigenvalue weighted by molar-refractivity contribution is 6.30. The van der Waals surface area contributed by atoms with Gasteiger partial charge in [-0.05, 0) is 50.7 Å². The summed E-state index contributed by atoms with van der Waals surface area (Å²) in [6.45, 7) is 1.69. The number of likely N-dealkylation sites (N-methyl/N-ethyl adjacent to an activating group) is 1. The second-order valence-electron chi connectivity index (χ2n) is 6.40. The summed E-state index contributed by atoms with van der Waals surface area (Å²) < 4.78 is 40.7. The number of phenolic OH excluding ortho intramolecular Hbond substituents is 1. The third kappa shape index (κ3) is 4.19. The molecule has 1 aliphatic rings. The number of rotatable bonds is 3. The van der Waals surface area contributed by atoms with Crippen LogP contribution in [0.3, 0.4) is 0 Å². The van der Waals surface area contributed by atoms with Gasteiger partial charge in [-0.25, -0.2) is 0 Å². The number of aromatic hydroxyl groups is 1. The van der Waals surface area contributed by atoms with Crippen molar-refractivity contribution in [1.82, 2.24) is 15.1 Å². The molecule has 1 aromatic carbocycles. The molecule has 1 aromatic heterocycles. The van der Waals surface area contributed by atoms with Crippen molar-refractivity contribution in [1.29, 1.82) is 0 Å². The Morgan fingerprint density at radius 3 is 2.69 bits per heavy atom. The van der Waals surface area contributed by atoms with Crippen LogP contribution in [0.25, 0.3) is 11.3 Å². The molecule has 1 fully saturated rings. The molecule has 0 saturated carbocycles. The first-order chi connectivity index (χ1) is 12.2. The molecular formula is C17H18ClF3N4O. The molecule has 140 valence electrons. The lowest BCUT2D eigenvalue weighted by Gasteiger charge is -2.30. The average Bonchev–Trinajstić information content (AvgIpc) is 2.54. The molecule has 1 aliphatic heterocycles. The quantitative estimate of drug-likeness (QED) is 0.834. The Bertz CT molecular complexity index is 800. The van der Waals surface area contributed by atoms with E-state index >= 15 is 0 Å². The van der Waals surface area contributed by atoms with E-state index in [0.29, 0.717) is 0 Å². The van der Waals surface area contributed by atoms with Crippen molar-refractivity contribution in [2.75, 3.05) is 25.5 Å². The SMILES string of the molecule is CN1CCC[C@H](Nc2cc(C(F)(F)F)c(-c3ccc(Cl)cc3O)nn2)C1. The monoisotopic (exact) mass is 386 g/mol. The van der Waals surface area contributed by atoms with Crippen LogP contribution in [0.4, 0.5) is 19.0 Å². The van der Waals surface area contributed by atoms with Crippen molar-refractivity contribution in [3.05, 3.63) is 34.9 Å². The molecule has 1 saturated heterocycles. The first-order valence-electron chi connectivity index (χ1n) is 8.13. The van der Waals surface area contributed by atoms with Gasteiger partial charge in [-0.1, -0.05) is 11.6 Å². The Labute approximate surface area is 153 Å². The minimum Gasteiger partial charge on any atom is -0.507 e. The van der Waals surface area contributed by atoms with Gasteiger partial charge >= 0.3 is 6.18 Å². The number of hydrogen-bond acceptors (Lipinski definition) is 5. The number of piperidine rings is 1. The van der Waals surface area contributed by atoms with Crippen LogP contribution in [0, 0.1) is 0 Å². The van der Waals surface area contributed by atoms with Crippen LogP contribution >= 0.6 is 11.6 Å². The van der Waals surface area contributed by atoms with Crippen LogP contribution in [-0.2, 0) is 6.18 Å². The highest BCUT2D eigenvalue weighted by Crippen LogP contribution is 2.40. The first kappa shape index (κ1) is 18.7. The molecule has 26 heavy (non-hydrogen) atoms. The fraction of sp³-hybridized carbons (Fsp3) is 0.412. The maximum atomic E-state index is 13.6. The zero-order chi connectivity index (χ0) is 18.9. The Morgan fingerprint density at radius 1 is 1.27 bits per heavy atom. The number of benzene rings is 1. The number of hydrogen-bond donors (Lipinski definition) is 2. The third-order valence-corrected chi connectivity index (χ3v) is 4.53. The molecule has 0 radical (unpaired) electrons. The normalized spacial score (nSPS) is 18.7. The van der Waals surface area contributed by atoms with Crippen molar-refractivity contribution in [2.24, 2.45) is 0 Å². The Balaban J connectivity index is 1.96. The summed E-state index contributed by atoms with van der Waals surface area (Å²) in [5, 5.41) is 20.8. The van der Waals surface area contributed by atoms with Crippen LogP contribution < -0.4 is 5.32 Å². The van der Waals surface area contributed by atoms with Gasteiger partial charge in [0, 0.05) is 23.2 Å². The fourth-order valence-corrected chi connectivity index (χ4v) is 3.24. The predicted molar refractivity (Wildman–Crippen MR) is 93.3 cm³/mol. The van der Waals surface area contributed by atoms with Gasteiger partial charge in [0.15, 0.2) is 0 Å². The minimum absolute atomic E-state index is 0.0129. The Kier molecular flexibility index (Phi) is 5.24. The summed E-state index contributed by atoms with van der Waals surface area (Å²) in [6.07, 6.45) is -2.82. The van der Waals surface area contributed by atoms with Crippen molar-refractivity contribution in [3.63, 3.8) is 0 Å². The van der Waals surface area contributed by atoms with Gasteiger partial charge in [0.1, 0.15) is 17.3 Å². The smallest absolute Gasteiger partial charge is 0.418 e. The number of anilines is 1. The van der Waals surface area contributed by atoms with Crippen LogP contribution in [0.5, 0.6) is 5.75 Å². The summed E-state index contributed by atoms with van der Waals surface area (Å²) >= 11 is 5.75. The van der Waals surface area contributed by atoms with E-state index in [4.69, 9.17) is 11.6 Å². The number of nitrogens with one attached hydrogen (secondary N) is 1. The third-order valence-electron chi connectivity index (χ3n) is 4.29. The van der Waals surface area contributed by atoms with Crippen molar-refractivity contribution in [2.45, 2.75) is 25.1 Å². The van der Waals surface area contributed by atoms with Crippen molar-refractivity contribution in [3.8, 4) is 17.0 Å². The van der Waals surface area contributed by atoms with E-state index in [2.05, 4.69) is 20.4 Å². The Hall–Kier alpha value is -2.06. The number of likely N-dealkylation sites (tertiary alicyclic amines) is 1. The molecule has 0 aliphatic carbocycles. The van der Waals surface area contributed by atoms with Crippen molar-refractivity contribution < 1.29 is 18.3 Å². The summed E-state index contributed by atoms with van der Waals surface area (Å²) in [4.78, 5) is 2.11. The lowest BCUT2D eigenvalue weighted by molar-refractivity contribution is -0.137. The lowest BCUT2D eigenvalue weighted by Crippen LogP contribution is -2.40. The lowest BCUT2D eigenvalue weighted by atomic mass is 10.0. The molecule has 2 aromatic rings. The van der Waals surface area contributed by atoms with Crippen LogP contribution in [0.15, 0.2) is 24.3 Å². The largest absolute Gasteiger partial charge is 0.507 e. The summed E-state index contributed by atoms with van der Waals surface area (Å²) in [5.41, 5.74) is -1.46. The van der Waals surface area contributed by atoms with Gasteiger partial charge in [-0.2, -0.15) is 13.2 Å². The Morgan fingerprint density at radius 2 is 2.04 bits per heavy atom. The van der Waals surface area contributed by atoms with Gasteiger partial charge in [0.25, 0.3) is 0 Å². The average molecular weight is 387 g/mol. The fourth-order valence-electron chi connectivity index (χ4n) is 3.08. The van der Waals surface area contributed by atoms with E-state index < -0.39 is 17.4 Å². The zero-order valence-electron chi connectivity index (χ0n) is 14.0. The van der Waals surface area contributed by atoms with Crippen LogP contribution in [0.2, 0.25) is 5.02 Å². The maximum absolute atomic E-state index is 13.6. The van der Waals surface area contributed by atoms with E-state index in [1.807, 2.05) is 7.05 Å². The summed E-state index contributed by atoms with van der Waals surface area (Å²) in [5.74, 6) is -0.318. The molecule has 2 heterocycles. The van der Waals surface area contributed by atoms with E-state index in [0.717, 1.165) is 32.0 Å². The molecule has 1 atom stereocenters. The highest BCUT2D eigenvalue weighted by atomic mass is 35.5. The number of alkyl halides is 3. The molecule has 0 unspecified atom stereocenters. The topological polar surface area (TPSA) is 61.3 Å². The van der Waals surface area contributed by atoms with E-state index in [-0.39, 0.29) is 28.2 Å². The molecular weight excluding hydrogens is 369 g/mol. The van der Waals surface area contributed by atoms with Gasteiger partial charge in [0.05, 0.1) is 5.56 Å². The number of halogens is 4. The summed E-state index contributed by atoms with van der Waals surface area (Å²) in [7, 11) is 1.97. The van der Waals surface area contributed by atoms with Crippen LogP contribution in [-0.4, -0.2) is 46.4 Å². The van der Waals surface area contributed by atoms with Crippen LogP contribution in [0.1, 0.15) is 18.4 Å². The maximum Gasteiger partial charge on any atom is 0.418 e. The standard InChI is InChI=1S/C17H18ClF3N4O/c1-25-6-2-3-11(9-25)22-15-8-13(17(19,20)21)16(24-23-15)12-5-4-10(18)7-14(12)26/h4-5,7-8,11,26H,2-3,6,9H2,1H3,(H,22,23)/t11-/m0/s1. The summed E-state index contributed by atoms with van der Waals surface area (Å²) in [6, 6.07) is 4.80. The number of aromatic nitrogens is 2. The zero-order valence-corrected chi connectivity index (χ0v) is 14.8. The van der Waals surface area contributed by atoms with Gasteiger partial charge in [-0.3, -0.25) is 0 Å².